The normalized spacial score (nSPS) is 37.6. The van der Waals surface area contributed by atoms with Crippen LogP contribution < -0.4 is 5.32 Å². The molecule has 2 rings (SSSR count). The van der Waals surface area contributed by atoms with Crippen LogP contribution in [-0.2, 0) is 14.3 Å². The van der Waals surface area contributed by atoms with Crippen molar-refractivity contribution in [3.8, 4) is 0 Å². The van der Waals surface area contributed by atoms with Crippen molar-refractivity contribution in [1.29, 1.82) is 0 Å². The zero-order chi connectivity index (χ0) is 11.8. The number of hydrogen-bond donors (Lipinski definition) is 1. The summed E-state index contributed by atoms with van der Waals surface area (Å²) in [5.74, 6) is -0.0941. The van der Waals surface area contributed by atoms with E-state index in [9.17, 15) is 4.79 Å². The molecule has 1 spiro atoms. The van der Waals surface area contributed by atoms with Gasteiger partial charge in [-0.1, -0.05) is 0 Å². The van der Waals surface area contributed by atoms with Crippen molar-refractivity contribution in [3.63, 3.8) is 0 Å². The predicted molar refractivity (Wildman–Crippen MR) is 60.1 cm³/mol. The molecule has 0 aliphatic carbocycles. The topological polar surface area (TPSA) is 47.6 Å². The van der Waals surface area contributed by atoms with E-state index in [1.54, 1.807) is 0 Å². The number of ether oxygens (including phenoxy) is 2. The first-order chi connectivity index (χ1) is 7.49. The Morgan fingerprint density at radius 1 is 1.50 bits per heavy atom. The summed E-state index contributed by atoms with van der Waals surface area (Å²) in [4.78, 5) is 11.8. The fourth-order valence-corrected chi connectivity index (χ4v) is 3.25. The molecule has 0 amide bonds. The van der Waals surface area contributed by atoms with E-state index in [4.69, 9.17) is 9.47 Å². The van der Waals surface area contributed by atoms with E-state index in [1.165, 1.54) is 7.11 Å². The highest BCUT2D eigenvalue weighted by atomic mass is 16.5. The number of hydrogen-bond acceptors (Lipinski definition) is 4. The number of carbonyl (C=O) groups excluding carboxylic acids is 1. The quantitative estimate of drug-likeness (QED) is 0.678. The average molecular weight is 227 g/mol. The van der Waals surface area contributed by atoms with Crippen LogP contribution in [0.25, 0.3) is 0 Å². The highest BCUT2D eigenvalue weighted by Crippen LogP contribution is 2.46. The van der Waals surface area contributed by atoms with Gasteiger partial charge in [0.05, 0.1) is 18.6 Å². The van der Waals surface area contributed by atoms with Gasteiger partial charge in [0, 0.05) is 25.1 Å². The lowest BCUT2D eigenvalue weighted by Crippen LogP contribution is -2.47. The highest BCUT2D eigenvalue weighted by Gasteiger charge is 2.51. The summed E-state index contributed by atoms with van der Waals surface area (Å²) in [6, 6.07) is 0. The van der Waals surface area contributed by atoms with E-state index in [0.717, 1.165) is 32.5 Å². The molecule has 0 saturated carbocycles. The van der Waals surface area contributed by atoms with Crippen LogP contribution in [0.1, 0.15) is 26.7 Å². The first-order valence-corrected chi connectivity index (χ1v) is 5.92. The Hall–Kier alpha value is -0.610. The minimum Gasteiger partial charge on any atom is -0.469 e. The molecule has 2 atom stereocenters. The summed E-state index contributed by atoms with van der Waals surface area (Å²) < 4.78 is 10.6. The first-order valence-electron chi connectivity index (χ1n) is 5.92. The molecule has 0 bridgehead atoms. The maximum Gasteiger partial charge on any atom is 0.310 e. The van der Waals surface area contributed by atoms with E-state index in [0.29, 0.717) is 0 Å². The van der Waals surface area contributed by atoms with Gasteiger partial charge in [-0.05, 0) is 26.7 Å². The average Bonchev–Trinajstić information content (AvgIpc) is 2.58. The standard InChI is InChI=1S/C12H21NO3/c1-11(2)7-12(4-5-16-11)8-13-6-9(12)10(14)15-3/h9,13H,4-8H2,1-3H3. The van der Waals surface area contributed by atoms with E-state index >= 15 is 0 Å². The summed E-state index contributed by atoms with van der Waals surface area (Å²) >= 11 is 0. The van der Waals surface area contributed by atoms with Crippen LogP contribution in [0.4, 0.5) is 0 Å². The van der Waals surface area contributed by atoms with Crippen molar-refractivity contribution in [1.82, 2.24) is 5.32 Å². The Balaban J connectivity index is 2.19. The first kappa shape index (κ1) is 11.9. The molecule has 2 aliphatic heterocycles. The van der Waals surface area contributed by atoms with Gasteiger partial charge in [0.15, 0.2) is 0 Å². The Labute approximate surface area is 96.7 Å². The molecule has 1 N–H and O–H groups in total. The molecule has 2 aliphatic rings. The van der Waals surface area contributed by atoms with Gasteiger partial charge in [0.25, 0.3) is 0 Å². The highest BCUT2D eigenvalue weighted by molar-refractivity contribution is 5.74. The zero-order valence-electron chi connectivity index (χ0n) is 10.3. The molecule has 2 saturated heterocycles. The molecule has 92 valence electrons. The third kappa shape index (κ3) is 1.96. The zero-order valence-corrected chi connectivity index (χ0v) is 10.3. The van der Waals surface area contributed by atoms with Crippen LogP contribution in [0.5, 0.6) is 0 Å². The largest absolute Gasteiger partial charge is 0.469 e. The number of esters is 1. The Morgan fingerprint density at radius 2 is 2.25 bits per heavy atom. The van der Waals surface area contributed by atoms with Gasteiger partial charge in [0.2, 0.25) is 0 Å². The lowest BCUT2D eigenvalue weighted by atomic mass is 9.67. The number of methoxy groups -OCH3 is 1. The van der Waals surface area contributed by atoms with Gasteiger partial charge in [-0.25, -0.2) is 0 Å². The summed E-state index contributed by atoms with van der Waals surface area (Å²) in [6.45, 7) is 6.58. The molecule has 16 heavy (non-hydrogen) atoms. The van der Waals surface area contributed by atoms with Crippen LogP contribution in [-0.4, -0.2) is 38.4 Å². The molecule has 0 aromatic heterocycles. The Morgan fingerprint density at radius 3 is 2.88 bits per heavy atom. The number of nitrogens with one attached hydrogen (secondary N) is 1. The molecule has 2 fully saturated rings. The second-order valence-corrected chi connectivity index (χ2v) is 5.60. The SMILES string of the molecule is COC(=O)C1CNCC12CCOC(C)(C)C2. The van der Waals surface area contributed by atoms with Gasteiger partial charge in [-0.15, -0.1) is 0 Å². The van der Waals surface area contributed by atoms with Crippen LogP contribution in [0.3, 0.4) is 0 Å². The van der Waals surface area contributed by atoms with Crippen LogP contribution >= 0.6 is 0 Å². The molecule has 0 radical (unpaired) electrons. The smallest absolute Gasteiger partial charge is 0.310 e. The van der Waals surface area contributed by atoms with E-state index in [1.807, 2.05) is 0 Å². The summed E-state index contributed by atoms with van der Waals surface area (Å²) in [6.07, 6.45) is 1.87. The fourth-order valence-electron chi connectivity index (χ4n) is 3.25. The molecule has 4 nitrogen and oxygen atoms in total. The van der Waals surface area contributed by atoms with Crippen molar-refractivity contribution in [3.05, 3.63) is 0 Å². The van der Waals surface area contributed by atoms with Gasteiger partial charge in [-0.3, -0.25) is 4.79 Å². The molecule has 4 heteroatoms. The summed E-state index contributed by atoms with van der Waals surface area (Å²) in [5, 5.41) is 3.33. The lowest BCUT2D eigenvalue weighted by Gasteiger charge is -2.44. The maximum absolute atomic E-state index is 11.8. The predicted octanol–water partition coefficient (Wildman–Crippen LogP) is 0.954. The lowest BCUT2D eigenvalue weighted by molar-refractivity contribution is -0.157. The summed E-state index contributed by atoms with van der Waals surface area (Å²) in [5.41, 5.74) is -0.0919. The molecule has 2 heterocycles. The number of carbonyl (C=O) groups is 1. The third-order valence-corrected chi connectivity index (χ3v) is 3.92. The van der Waals surface area contributed by atoms with E-state index < -0.39 is 0 Å². The monoisotopic (exact) mass is 227 g/mol. The van der Waals surface area contributed by atoms with Crippen molar-refractivity contribution < 1.29 is 14.3 Å². The minimum atomic E-state index is -0.128. The molecule has 2 unspecified atom stereocenters. The van der Waals surface area contributed by atoms with Gasteiger partial charge in [-0.2, -0.15) is 0 Å². The van der Waals surface area contributed by atoms with Gasteiger partial charge >= 0.3 is 5.97 Å². The Kier molecular flexibility index (Phi) is 2.97. The minimum absolute atomic E-state index is 0.0133. The molecule has 0 aromatic rings. The van der Waals surface area contributed by atoms with Gasteiger partial charge in [0.1, 0.15) is 0 Å². The summed E-state index contributed by atoms with van der Waals surface area (Å²) in [7, 11) is 1.47. The van der Waals surface area contributed by atoms with Crippen molar-refractivity contribution in [2.45, 2.75) is 32.3 Å². The van der Waals surface area contributed by atoms with Crippen molar-refractivity contribution in [2.75, 3.05) is 26.8 Å². The van der Waals surface area contributed by atoms with Crippen LogP contribution in [0.2, 0.25) is 0 Å². The number of rotatable bonds is 1. The van der Waals surface area contributed by atoms with Crippen LogP contribution in [0, 0.1) is 11.3 Å². The molecular formula is C12H21NO3. The Bertz CT molecular complexity index is 290. The second kappa shape index (κ2) is 4.00. The maximum atomic E-state index is 11.8. The third-order valence-electron chi connectivity index (χ3n) is 3.92. The fraction of sp³-hybridized carbons (Fsp3) is 0.917. The molecular weight excluding hydrogens is 206 g/mol. The van der Waals surface area contributed by atoms with E-state index in [2.05, 4.69) is 19.2 Å². The van der Waals surface area contributed by atoms with Gasteiger partial charge < -0.3 is 14.8 Å². The van der Waals surface area contributed by atoms with Crippen molar-refractivity contribution >= 4 is 5.97 Å². The molecule has 0 aromatic carbocycles. The second-order valence-electron chi connectivity index (χ2n) is 5.60. The van der Waals surface area contributed by atoms with Crippen LogP contribution in [0.15, 0.2) is 0 Å². The van der Waals surface area contributed by atoms with Crippen molar-refractivity contribution in [2.24, 2.45) is 11.3 Å². The van der Waals surface area contributed by atoms with E-state index in [-0.39, 0.29) is 22.9 Å².